The van der Waals surface area contributed by atoms with Gasteiger partial charge in [-0.05, 0) is 18.2 Å². The SMILES string of the molecule is COc1ccc(OC)c(-c2ncc(C(=O)O)c(=O)[nH]2)c1. The molecule has 104 valence electrons. The topological polar surface area (TPSA) is 102 Å². The molecule has 0 unspecified atom stereocenters. The molecular weight excluding hydrogens is 264 g/mol. The van der Waals surface area contributed by atoms with Gasteiger partial charge in [0.05, 0.1) is 19.8 Å². The molecule has 0 radical (unpaired) electrons. The number of H-pyrrole nitrogens is 1. The summed E-state index contributed by atoms with van der Waals surface area (Å²) in [5.74, 6) is -0.0820. The second kappa shape index (κ2) is 5.43. The van der Waals surface area contributed by atoms with Crippen LogP contribution in [-0.4, -0.2) is 35.3 Å². The van der Waals surface area contributed by atoms with Crippen LogP contribution in [0.2, 0.25) is 0 Å². The van der Waals surface area contributed by atoms with Gasteiger partial charge >= 0.3 is 5.97 Å². The number of aromatic carboxylic acids is 1. The molecule has 7 heteroatoms. The van der Waals surface area contributed by atoms with E-state index in [-0.39, 0.29) is 5.82 Å². The molecule has 0 atom stereocenters. The van der Waals surface area contributed by atoms with E-state index in [2.05, 4.69) is 9.97 Å². The number of carboxylic acids is 1. The minimum Gasteiger partial charge on any atom is -0.497 e. The summed E-state index contributed by atoms with van der Waals surface area (Å²) in [4.78, 5) is 28.8. The maximum atomic E-state index is 11.7. The summed E-state index contributed by atoms with van der Waals surface area (Å²) in [6.45, 7) is 0. The van der Waals surface area contributed by atoms with E-state index < -0.39 is 17.1 Å². The van der Waals surface area contributed by atoms with Crippen LogP contribution >= 0.6 is 0 Å². The molecule has 0 saturated carbocycles. The Morgan fingerprint density at radius 1 is 1.30 bits per heavy atom. The highest BCUT2D eigenvalue weighted by atomic mass is 16.5. The van der Waals surface area contributed by atoms with Crippen molar-refractivity contribution in [1.82, 2.24) is 9.97 Å². The van der Waals surface area contributed by atoms with Crippen molar-refractivity contribution >= 4 is 5.97 Å². The van der Waals surface area contributed by atoms with Gasteiger partial charge in [-0.2, -0.15) is 0 Å². The predicted molar refractivity (Wildman–Crippen MR) is 70.4 cm³/mol. The van der Waals surface area contributed by atoms with Gasteiger partial charge in [-0.3, -0.25) is 4.79 Å². The van der Waals surface area contributed by atoms with Crippen molar-refractivity contribution < 1.29 is 19.4 Å². The number of nitrogens with one attached hydrogen (secondary N) is 1. The molecule has 0 fully saturated rings. The van der Waals surface area contributed by atoms with Gasteiger partial charge in [-0.1, -0.05) is 0 Å². The number of carboxylic acid groups (broad SMARTS) is 1. The zero-order valence-electron chi connectivity index (χ0n) is 10.8. The summed E-state index contributed by atoms with van der Waals surface area (Å²) in [6, 6.07) is 5.00. The highest BCUT2D eigenvalue weighted by Gasteiger charge is 2.14. The van der Waals surface area contributed by atoms with Crippen molar-refractivity contribution in [2.24, 2.45) is 0 Å². The van der Waals surface area contributed by atoms with Crippen LogP contribution in [0.15, 0.2) is 29.2 Å². The number of hydrogen-bond acceptors (Lipinski definition) is 5. The Bertz CT molecular complexity index is 708. The summed E-state index contributed by atoms with van der Waals surface area (Å²) in [7, 11) is 2.99. The van der Waals surface area contributed by atoms with E-state index in [1.807, 2.05) is 0 Å². The maximum Gasteiger partial charge on any atom is 0.342 e. The molecule has 20 heavy (non-hydrogen) atoms. The fourth-order valence-corrected chi connectivity index (χ4v) is 1.68. The molecule has 0 aliphatic heterocycles. The highest BCUT2D eigenvalue weighted by Crippen LogP contribution is 2.30. The zero-order valence-corrected chi connectivity index (χ0v) is 10.8. The fraction of sp³-hybridized carbons (Fsp3) is 0.154. The van der Waals surface area contributed by atoms with Crippen molar-refractivity contribution in [2.75, 3.05) is 14.2 Å². The highest BCUT2D eigenvalue weighted by molar-refractivity contribution is 5.86. The molecule has 0 aliphatic rings. The smallest absolute Gasteiger partial charge is 0.342 e. The van der Waals surface area contributed by atoms with E-state index in [9.17, 15) is 9.59 Å². The number of carbonyl (C=O) groups is 1. The average Bonchev–Trinajstić information content (AvgIpc) is 2.46. The Morgan fingerprint density at radius 3 is 2.60 bits per heavy atom. The van der Waals surface area contributed by atoms with E-state index in [1.165, 1.54) is 14.2 Å². The number of aromatic nitrogens is 2. The van der Waals surface area contributed by atoms with Crippen LogP contribution in [0.25, 0.3) is 11.4 Å². The number of nitrogens with zero attached hydrogens (tertiary/aromatic N) is 1. The number of benzene rings is 1. The number of ether oxygens (including phenoxy) is 2. The van der Waals surface area contributed by atoms with E-state index in [0.29, 0.717) is 17.1 Å². The lowest BCUT2D eigenvalue weighted by Crippen LogP contribution is -2.18. The molecule has 0 aliphatic carbocycles. The van der Waals surface area contributed by atoms with Crippen LogP contribution in [0.5, 0.6) is 11.5 Å². The second-order valence-corrected chi connectivity index (χ2v) is 3.85. The van der Waals surface area contributed by atoms with Gasteiger partial charge in [0.2, 0.25) is 0 Å². The Morgan fingerprint density at radius 2 is 2.05 bits per heavy atom. The summed E-state index contributed by atoms with van der Waals surface area (Å²) >= 11 is 0. The lowest BCUT2D eigenvalue weighted by molar-refractivity contribution is 0.0694. The van der Waals surface area contributed by atoms with Gasteiger partial charge in [0.25, 0.3) is 5.56 Å². The summed E-state index contributed by atoms with van der Waals surface area (Å²) in [5.41, 5.74) is -0.649. The van der Waals surface area contributed by atoms with Crippen LogP contribution in [0, 0.1) is 0 Å². The fourth-order valence-electron chi connectivity index (χ4n) is 1.68. The molecule has 2 rings (SSSR count). The van der Waals surface area contributed by atoms with Gasteiger partial charge in [0.15, 0.2) is 0 Å². The number of aromatic amines is 1. The summed E-state index contributed by atoms with van der Waals surface area (Å²) in [5, 5.41) is 8.81. The first-order valence-electron chi connectivity index (χ1n) is 5.62. The summed E-state index contributed by atoms with van der Waals surface area (Å²) < 4.78 is 10.3. The Balaban J connectivity index is 2.59. The van der Waals surface area contributed by atoms with Crippen molar-refractivity contribution in [3.63, 3.8) is 0 Å². The van der Waals surface area contributed by atoms with Crippen LogP contribution in [0.4, 0.5) is 0 Å². The minimum absolute atomic E-state index is 0.204. The predicted octanol–water partition coefficient (Wildman–Crippen LogP) is 1.15. The number of hydrogen-bond donors (Lipinski definition) is 2. The molecule has 0 saturated heterocycles. The summed E-state index contributed by atoms with van der Waals surface area (Å²) in [6.07, 6.45) is 1.01. The monoisotopic (exact) mass is 276 g/mol. The van der Waals surface area contributed by atoms with Crippen LogP contribution < -0.4 is 15.0 Å². The lowest BCUT2D eigenvalue weighted by Gasteiger charge is -2.09. The van der Waals surface area contributed by atoms with Gasteiger partial charge in [0.1, 0.15) is 22.9 Å². The molecule has 7 nitrogen and oxygen atoms in total. The van der Waals surface area contributed by atoms with Gasteiger partial charge in [-0.15, -0.1) is 0 Å². The van der Waals surface area contributed by atoms with E-state index in [1.54, 1.807) is 18.2 Å². The van der Waals surface area contributed by atoms with Gasteiger partial charge in [-0.25, -0.2) is 9.78 Å². The van der Waals surface area contributed by atoms with Gasteiger partial charge < -0.3 is 19.6 Å². The first-order valence-corrected chi connectivity index (χ1v) is 5.62. The minimum atomic E-state index is -1.33. The van der Waals surface area contributed by atoms with Crippen LogP contribution in [-0.2, 0) is 0 Å². The van der Waals surface area contributed by atoms with E-state index in [4.69, 9.17) is 14.6 Å². The molecule has 2 N–H and O–H groups in total. The standard InChI is InChI=1S/C13H12N2O5/c1-19-7-3-4-10(20-2)8(5-7)11-14-6-9(13(17)18)12(16)15-11/h3-6H,1-2H3,(H,17,18)(H,14,15,16). The third-order valence-electron chi connectivity index (χ3n) is 2.69. The first-order chi connectivity index (χ1) is 9.56. The van der Waals surface area contributed by atoms with Crippen LogP contribution in [0.1, 0.15) is 10.4 Å². The van der Waals surface area contributed by atoms with E-state index >= 15 is 0 Å². The zero-order chi connectivity index (χ0) is 14.7. The third-order valence-corrected chi connectivity index (χ3v) is 2.69. The normalized spacial score (nSPS) is 10.1. The molecule has 0 amide bonds. The lowest BCUT2D eigenvalue weighted by atomic mass is 10.1. The Labute approximate surface area is 113 Å². The molecule has 2 aromatic rings. The first kappa shape index (κ1) is 13.6. The molecular formula is C13H12N2O5. The molecule has 0 bridgehead atoms. The van der Waals surface area contributed by atoms with Crippen LogP contribution in [0.3, 0.4) is 0 Å². The second-order valence-electron chi connectivity index (χ2n) is 3.85. The average molecular weight is 276 g/mol. The Kier molecular flexibility index (Phi) is 3.69. The van der Waals surface area contributed by atoms with E-state index in [0.717, 1.165) is 6.20 Å². The Hall–Kier alpha value is -2.83. The van der Waals surface area contributed by atoms with Gasteiger partial charge in [0, 0.05) is 6.20 Å². The van der Waals surface area contributed by atoms with Crippen molar-refractivity contribution in [3.05, 3.63) is 40.3 Å². The maximum absolute atomic E-state index is 11.7. The van der Waals surface area contributed by atoms with Crippen molar-refractivity contribution in [2.45, 2.75) is 0 Å². The molecule has 0 spiro atoms. The molecule has 1 aromatic carbocycles. The number of methoxy groups -OCH3 is 2. The molecule has 1 heterocycles. The largest absolute Gasteiger partial charge is 0.497 e. The quantitative estimate of drug-likeness (QED) is 0.868. The molecule has 1 aromatic heterocycles. The number of rotatable bonds is 4. The van der Waals surface area contributed by atoms with Crippen molar-refractivity contribution in [3.8, 4) is 22.9 Å². The van der Waals surface area contributed by atoms with Crippen molar-refractivity contribution in [1.29, 1.82) is 0 Å². The third kappa shape index (κ3) is 2.46.